The van der Waals surface area contributed by atoms with Gasteiger partial charge in [-0.2, -0.15) is 4.37 Å². The van der Waals surface area contributed by atoms with Crippen molar-refractivity contribution >= 4 is 43.2 Å². The lowest BCUT2D eigenvalue weighted by molar-refractivity contribution is -0.385. The summed E-state index contributed by atoms with van der Waals surface area (Å²) in [5.74, 6) is 0. The van der Waals surface area contributed by atoms with Crippen molar-refractivity contribution in [1.82, 2.24) is 4.37 Å². The molecule has 0 radical (unpaired) electrons. The maximum Gasteiger partial charge on any atom is 0.284 e. The number of aromatic nitrogens is 1. The highest BCUT2D eigenvalue weighted by atomic mass is 79.9. The second kappa shape index (κ2) is 3.29. The number of hydrogen-bond acceptors (Lipinski definition) is 4. The molecule has 0 saturated heterocycles. The van der Waals surface area contributed by atoms with Gasteiger partial charge in [-0.15, -0.1) is 0 Å². The number of benzene rings is 1. The number of nitrogens with zero attached hydrogens (tertiary/aromatic N) is 2. The third kappa shape index (κ3) is 1.31. The summed E-state index contributed by atoms with van der Waals surface area (Å²) in [6.45, 7) is 1.84. The van der Waals surface area contributed by atoms with Crippen LogP contribution in [0.15, 0.2) is 16.6 Å². The first kappa shape index (κ1) is 9.54. The SMILES string of the molecule is Cc1nsc2ccc([N+](=O)[O-])c(Br)c12. The van der Waals surface area contributed by atoms with E-state index in [0.717, 1.165) is 15.8 Å². The number of hydrogen-bond donors (Lipinski definition) is 0. The van der Waals surface area contributed by atoms with E-state index in [0.29, 0.717) is 4.47 Å². The van der Waals surface area contributed by atoms with Crippen molar-refractivity contribution in [1.29, 1.82) is 0 Å². The summed E-state index contributed by atoms with van der Waals surface area (Å²) in [7, 11) is 0. The van der Waals surface area contributed by atoms with Crippen molar-refractivity contribution < 1.29 is 4.92 Å². The average molecular weight is 273 g/mol. The molecule has 0 unspecified atom stereocenters. The summed E-state index contributed by atoms with van der Waals surface area (Å²) in [6.07, 6.45) is 0. The fourth-order valence-electron chi connectivity index (χ4n) is 1.26. The summed E-state index contributed by atoms with van der Waals surface area (Å²) in [5.41, 5.74) is 0.904. The zero-order chi connectivity index (χ0) is 10.3. The van der Waals surface area contributed by atoms with Gasteiger partial charge in [-0.25, -0.2) is 0 Å². The van der Waals surface area contributed by atoms with Crippen LogP contribution < -0.4 is 0 Å². The molecule has 0 amide bonds. The zero-order valence-electron chi connectivity index (χ0n) is 7.15. The minimum Gasteiger partial charge on any atom is -0.258 e. The molecule has 0 aliphatic carbocycles. The van der Waals surface area contributed by atoms with Gasteiger partial charge >= 0.3 is 0 Å². The lowest BCUT2D eigenvalue weighted by atomic mass is 10.2. The normalized spacial score (nSPS) is 10.7. The first-order valence-corrected chi connectivity index (χ1v) is 5.37. The van der Waals surface area contributed by atoms with Crippen LogP contribution in [0.1, 0.15) is 5.69 Å². The van der Waals surface area contributed by atoms with Gasteiger partial charge in [-0.05, 0) is 40.5 Å². The van der Waals surface area contributed by atoms with Gasteiger partial charge in [-0.3, -0.25) is 10.1 Å². The van der Waals surface area contributed by atoms with Crippen LogP contribution in [0, 0.1) is 17.0 Å². The van der Waals surface area contributed by atoms with Gasteiger partial charge in [0, 0.05) is 11.5 Å². The molecule has 2 rings (SSSR count). The van der Waals surface area contributed by atoms with Gasteiger partial charge in [0.15, 0.2) is 0 Å². The Morgan fingerprint density at radius 3 is 2.93 bits per heavy atom. The standard InChI is InChI=1S/C8H5BrN2O2S/c1-4-7-6(14-10-4)3-2-5(8(7)9)11(12)13/h2-3H,1H3. The van der Waals surface area contributed by atoms with Crippen LogP contribution in [-0.2, 0) is 0 Å². The lowest BCUT2D eigenvalue weighted by Gasteiger charge is -1.96. The quantitative estimate of drug-likeness (QED) is 0.591. The van der Waals surface area contributed by atoms with Crippen molar-refractivity contribution in [3.63, 3.8) is 0 Å². The highest BCUT2D eigenvalue weighted by Crippen LogP contribution is 2.36. The van der Waals surface area contributed by atoms with E-state index in [1.54, 1.807) is 6.07 Å². The van der Waals surface area contributed by atoms with Gasteiger partial charge in [0.1, 0.15) is 4.47 Å². The third-order valence-corrected chi connectivity index (χ3v) is 3.63. The van der Waals surface area contributed by atoms with Crippen molar-refractivity contribution in [2.75, 3.05) is 0 Å². The molecule has 1 aromatic carbocycles. The van der Waals surface area contributed by atoms with E-state index in [1.165, 1.54) is 17.6 Å². The number of rotatable bonds is 1. The van der Waals surface area contributed by atoms with Crippen LogP contribution in [0.4, 0.5) is 5.69 Å². The topological polar surface area (TPSA) is 56.0 Å². The number of nitro benzene ring substituents is 1. The minimum atomic E-state index is -0.402. The van der Waals surface area contributed by atoms with Crippen LogP contribution in [0.25, 0.3) is 10.1 Å². The van der Waals surface area contributed by atoms with E-state index in [1.807, 2.05) is 6.92 Å². The Morgan fingerprint density at radius 2 is 2.29 bits per heavy atom. The van der Waals surface area contributed by atoms with E-state index in [9.17, 15) is 10.1 Å². The smallest absolute Gasteiger partial charge is 0.258 e. The van der Waals surface area contributed by atoms with Gasteiger partial charge in [0.2, 0.25) is 0 Å². The molecule has 14 heavy (non-hydrogen) atoms. The Labute approximate surface area is 92.0 Å². The van der Waals surface area contributed by atoms with Crippen LogP contribution in [0.2, 0.25) is 0 Å². The van der Waals surface area contributed by atoms with E-state index >= 15 is 0 Å². The molecule has 2 aromatic rings. The van der Waals surface area contributed by atoms with Crippen LogP contribution in [0.5, 0.6) is 0 Å². The monoisotopic (exact) mass is 272 g/mol. The molecular formula is C8H5BrN2O2S. The summed E-state index contributed by atoms with van der Waals surface area (Å²) < 4.78 is 5.62. The Hall–Kier alpha value is -1.01. The summed E-state index contributed by atoms with van der Waals surface area (Å²) >= 11 is 4.58. The second-order valence-electron chi connectivity index (χ2n) is 2.80. The molecule has 0 aliphatic heterocycles. The van der Waals surface area contributed by atoms with E-state index in [2.05, 4.69) is 20.3 Å². The van der Waals surface area contributed by atoms with Crippen molar-refractivity contribution in [2.45, 2.75) is 6.92 Å². The predicted octanol–water partition coefficient (Wildman–Crippen LogP) is 3.28. The third-order valence-electron chi connectivity index (χ3n) is 1.92. The van der Waals surface area contributed by atoms with E-state index in [-0.39, 0.29) is 5.69 Å². The first-order valence-electron chi connectivity index (χ1n) is 3.80. The van der Waals surface area contributed by atoms with Crippen LogP contribution >= 0.6 is 27.5 Å². The molecule has 0 N–H and O–H groups in total. The number of aryl methyl sites for hydroxylation is 1. The van der Waals surface area contributed by atoms with Crippen molar-refractivity contribution in [3.8, 4) is 0 Å². The van der Waals surface area contributed by atoms with E-state index < -0.39 is 4.92 Å². The number of nitro groups is 1. The maximum atomic E-state index is 10.7. The fraction of sp³-hybridized carbons (Fsp3) is 0.125. The van der Waals surface area contributed by atoms with Crippen LogP contribution in [0.3, 0.4) is 0 Å². The van der Waals surface area contributed by atoms with Gasteiger partial charge < -0.3 is 0 Å². The molecule has 0 spiro atoms. The largest absolute Gasteiger partial charge is 0.284 e. The van der Waals surface area contributed by atoms with Crippen molar-refractivity contribution in [2.24, 2.45) is 0 Å². The molecular weight excluding hydrogens is 268 g/mol. The zero-order valence-corrected chi connectivity index (χ0v) is 9.55. The molecule has 4 nitrogen and oxygen atoms in total. The summed E-state index contributed by atoms with van der Waals surface area (Å²) in [6, 6.07) is 3.22. The Morgan fingerprint density at radius 1 is 1.57 bits per heavy atom. The molecule has 1 aromatic heterocycles. The fourth-order valence-corrected chi connectivity index (χ4v) is 2.97. The van der Waals surface area contributed by atoms with Gasteiger partial charge in [0.25, 0.3) is 5.69 Å². The molecule has 1 heterocycles. The number of fused-ring (bicyclic) bond motifs is 1. The van der Waals surface area contributed by atoms with Crippen molar-refractivity contribution in [3.05, 3.63) is 32.4 Å². The maximum absolute atomic E-state index is 10.7. The van der Waals surface area contributed by atoms with Crippen LogP contribution in [-0.4, -0.2) is 9.30 Å². The molecule has 0 saturated carbocycles. The summed E-state index contributed by atoms with van der Waals surface area (Å²) in [5, 5.41) is 11.5. The van der Waals surface area contributed by atoms with Gasteiger partial charge in [-0.1, -0.05) is 0 Å². The molecule has 0 aliphatic rings. The second-order valence-corrected chi connectivity index (χ2v) is 4.39. The average Bonchev–Trinajstić information content (AvgIpc) is 2.48. The predicted molar refractivity (Wildman–Crippen MR) is 58.7 cm³/mol. The molecule has 0 fully saturated rings. The Bertz CT molecular complexity index is 523. The molecule has 0 bridgehead atoms. The molecule has 6 heteroatoms. The Balaban J connectivity index is 2.86. The minimum absolute atomic E-state index is 0.0841. The molecule has 72 valence electrons. The summed E-state index contributed by atoms with van der Waals surface area (Å²) in [4.78, 5) is 10.3. The van der Waals surface area contributed by atoms with E-state index in [4.69, 9.17) is 0 Å². The highest BCUT2D eigenvalue weighted by Gasteiger charge is 2.17. The molecule has 0 atom stereocenters. The highest BCUT2D eigenvalue weighted by molar-refractivity contribution is 9.10. The van der Waals surface area contributed by atoms with Gasteiger partial charge in [0.05, 0.1) is 15.3 Å². The Kier molecular flexibility index (Phi) is 2.24. The lowest BCUT2D eigenvalue weighted by Crippen LogP contribution is -1.89. The number of halogens is 1. The first-order chi connectivity index (χ1) is 6.61.